The van der Waals surface area contributed by atoms with Crippen LogP contribution >= 0.6 is 23.2 Å². The van der Waals surface area contributed by atoms with Crippen LogP contribution in [0.5, 0.6) is 0 Å². The SMILES string of the molecule is ClC1(Cl)[C@H]2CCC3(OCCO3)[C@H]21. The summed E-state index contributed by atoms with van der Waals surface area (Å²) in [6, 6.07) is 0. The van der Waals surface area contributed by atoms with Crippen molar-refractivity contribution in [3.63, 3.8) is 0 Å². The molecule has 0 unspecified atom stereocenters. The summed E-state index contributed by atoms with van der Waals surface area (Å²) in [4.78, 5) is 0. The lowest BCUT2D eigenvalue weighted by molar-refractivity contribution is -0.167. The van der Waals surface area contributed by atoms with E-state index in [2.05, 4.69) is 0 Å². The molecule has 0 radical (unpaired) electrons. The van der Waals surface area contributed by atoms with Crippen LogP contribution in [0.2, 0.25) is 0 Å². The lowest BCUT2D eigenvalue weighted by Gasteiger charge is -2.25. The fourth-order valence-corrected chi connectivity index (χ4v) is 3.64. The number of ether oxygens (including phenoxy) is 2. The Kier molecular flexibility index (Phi) is 1.38. The van der Waals surface area contributed by atoms with Gasteiger partial charge in [-0.25, -0.2) is 0 Å². The van der Waals surface area contributed by atoms with E-state index in [1.807, 2.05) is 0 Å². The van der Waals surface area contributed by atoms with Crippen molar-refractivity contribution in [1.82, 2.24) is 0 Å². The highest BCUT2D eigenvalue weighted by molar-refractivity contribution is 6.51. The van der Waals surface area contributed by atoms with Crippen molar-refractivity contribution < 1.29 is 9.47 Å². The van der Waals surface area contributed by atoms with Gasteiger partial charge in [-0.2, -0.15) is 0 Å². The monoisotopic (exact) mass is 208 g/mol. The maximum Gasteiger partial charge on any atom is 0.174 e. The molecule has 3 rings (SSSR count). The second kappa shape index (κ2) is 2.11. The minimum absolute atomic E-state index is 0.218. The van der Waals surface area contributed by atoms with Crippen molar-refractivity contribution in [1.29, 1.82) is 0 Å². The predicted octanol–water partition coefficient (Wildman–Crippen LogP) is 1.94. The molecule has 3 fully saturated rings. The highest BCUT2D eigenvalue weighted by Gasteiger charge is 2.76. The Morgan fingerprint density at radius 1 is 1.17 bits per heavy atom. The zero-order chi connectivity index (χ0) is 8.40. The molecular formula is C8H10Cl2O2. The van der Waals surface area contributed by atoms with E-state index in [-0.39, 0.29) is 5.92 Å². The summed E-state index contributed by atoms with van der Waals surface area (Å²) in [5.74, 6) is 0.212. The topological polar surface area (TPSA) is 18.5 Å². The van der Waals surface area contributed by atoms with Gasteiger partial charge >= 0.3 is 0 Å². The predicted molar refractivity (Wildman–Crippen MR) is 45.3 cm³/mol. The number of alkyl halides is 2. The van der Waals surface area contributed by atoms with Gasteiger partial charge in [0.2, 0.25) is 0 Å². The molecule has 1 saturated heterocycles. The molecule has 12 heavy (non-hydrogen) atoms. The van der Waals surface area contributed by atoms with Crippen molar-refractivity contribution in [2.45, 2.75) is 23.0 Å². The van der Waals surface area contributed by atoms with Gasteiger partial charge in [0, 0.05) is 12.3 Å². The summed E-state index contributed by atoms with van der Waals surface area (Å²) in [6.07, 6.45) is 2.00. The van der Waals surface area contributed by atoms with Gasteiger partial charge in [0.25, 0.3) is 0 Å². The first-order valence-corrected chi connectivity index (χ1v) is 5.08. The van der Waals surface area contributed by atoms with Crippen LogP contribution in [0.25, 0.3) is 0 Å². The number of hydrogen-bond acceptors (Lipinski definition) is 2. The molecule has 4 heteroatoms. The van der Waals surface area contributed by atoms with Crippen LogP contribution in [0.15, 0.2) is 0 Å². The molecule has 2 nitrogen and oxygen atoms in total. The van der Waals surface area contributed by atoms with E-state index >= 15 is 0 Å². The van der Waals surface area contributed by atoms with Crippen molar-refractivity contribution in [2.24, 2.45) is 11.8 Å². The Hall–Kier alpha value is 0.500. The molecule has 1 aliphatic heterocycles. The van der Waals surface area contributed by atoms with E-state index in [1.54, 1.807) is 0 Å². The third-order valence-electron chi connectivity index (χ3n) is 3.26. The van der Waals surface area contributed by atoms with E-state index in [1.165, 1.54) is 0 Å². The summed E-state index contributed by atoms with van der Waals surface area (Å²) < 4.78 is 10.6. The van der Waals surface area contributed by atoms with Crippen LogP contribution in [0, 0.1) is 11.8 Å². The maximum atomic E-state index is 6.08. The van der Waals surface area contributed by atoms with E-state index in [0.717, 1.165) is 12.8 Å². The first kappa shape index (κ1) is 7.86. The average molecular weight is 209 g/mol. The maximum absolute atomic E-state index is 6.08. The Morgan fingerprint density at radius 3 is 2.33 bits per heavy atom. The summed E-state index contributed by atoms with van der Waals surface area (Å²) in [6.45, 7) is 1.38. The highest BCUT2D eigenvalue weighted by atomic mass is 35.5. The lowest BCUT2D eigenvalue weighted by atomic mass is 10.1. The van der Waals surface area contributed by atoms with Crippen LogP contribution in [0.1, 0.15) is 12.8 Å². The quantitative estimate of drug-likeness (QED) is 0.567. The third kappa shape index (κ3) is 0.752. The Labute approximate surface area is 81.1 Å². The summed E-state index contributed by atoms with van der Waals surface area (Å²) >= 11 is 12.2. The number of rotatable bonds is 0. The molecule has 2 aliphatic carbocycles. The zero-order valence-electron chi connectivity index (χ0n) is 6.56. The van der Waals surface area contributed by atoms with Gasteiger partial charge in [0.15, 0.2) is 5.79 Å². The molecule has 0 N–H and O–H groups in total. The van der Waals surface area contributed by atoms with Gasteiger partial charge < -0.3 is 9.47 Å². The molecule has 2 atom stereocenters. The van der Waals surface area contributed by atoms with Crippen molar-refractivity contribution in [3.05, 3.63) is 0 Å². The van der Waals surface area contributed by atoms with E-state index in [9.17, 15) is 0 Å². The molecule has 0 aromatic carbocycles. The molecule has 0 aromatic heterocycles. The number of hydrogen-bond donors (Lipinski definition) is 0. The van der Waals surface area contributed by atoms with Crippen LogP contribution < -0.4 is 0 Å². The van der Waals surface area contributed by atoms with Crippen LogP contribution in [-0.4, -0.2) is 23.3 Å². The summed E-state index contributed by atoms with van der Waals surface area (Å²) in [5, 5.41) is 0. The summed E-state index contributed by atoms with van der Waals surface area (Å²) in [5.41, 5.74) is 0. The molecule has 3 aliphatic rings. The minimum Gasteiger partial charge on any atom is -0.347 e. The van der Waals surface area contributed by atoms with Gasteiger partial charge in [0.1, 0.15) is 4.33 Å². The average Bonchev–Trinajstić information content (AvgIpc) is 2.48. The minimum atomic E-state index is -0.567. The van der Waals surface area contributed by atoms with Crippen LogP contribution in [-0.2, 0) is 9.47 Å². The fraction of sp³-hybridized carbons (Fsp3) is 1.00. The first-order chi connectivity index (χ1) is 5.67. The normalized spacial score (nSPS) is 46.5. The molecule has 1 heterocycles. The van der Waals surface area contributed by atoms with Crippen molar-refractivity contribution in [2.75, 3.05) is 13.2 Å². The molecule has 0 bridgehead atoms. The third-order valence-corrected chi connectivity index (χ3v) is 4.29. The molecule has 0 amide bonds. The standard InChI is InChI=1S/C8H10Cl2O2/c9-8(10)5-1-2-7(6(5)8)11-3-4-12-7/h5-6H,1-4H2/t5-,6-/m0/s1. The second-order valence-corrected chi connectivity index (χ2v) is 5.25. The molecule has 0 aromatic rings. The molecule has 2 saturated carbocycles. The number of halogens is 2. The van der Waals surface area contributed by atoms with Crippen molar-refractivity contribution in [3.8, 4) is 0 Å². The van der Waals surface area contributed by atoms with Crippen LogP contribution in [0.4, 0.5) is 0 Å². The van der Waals surface area contributed by atoms with Crippen LogP contribution in [0.3, 0.4) is 0 Å². The molecule has 1 spiro atoms. The van der Waals surface area contributed by atoms with E-state index in [4.69, 9.17) is 32.7 Å². The second-order valence-electron chi connectivity index (χ2n) is 3.81. The van der Waals surface area contributed by atoms with Gasteiger partial charge in [0.05, 0.1) is 19.1 Å². The van der Waals surface area contributed by atoms with Gasteiger partial charge in [-0.15, -0.1) is 23.2 Å². The van der Waals surface area contributed by atoms with Gasteiger partial charge in [-0.3, -0.25) is 0 Å². The molecular weight excluding hydrogens is 199 g/mol. The Morgan fingerprint density at radius 2 is 1.83 bits per heavy atom. The Bertz CT molecular complexity index is 218. The Balaban J connectivity index is 1.90. The number of fused-ring (bicyclic) bond motifs is 2. The van der Waals surface area contributed by atoms with Gasteiger partial charge in [-0.05, 0) is 6.42 Å². The smallest absolute Gasteiger partial charge is 0.174 e. The van der Waals surface area contributed by atoms with Gasteiger partial charge in [-0.1, -0.05) is 0 Å². The van der Waals surface area contributed by atoms with E-state index in [0.29, 0.717) is 19.1 Å². The lowest BCUT2D eigenvalue weighted by Crippen LogP contribution is -2.33. The zero-order valence-corrected chi connectivity index (χ0v) is 8.07. The van der Waals surface area contributed by atoms with E-state index < -0.39 is 10.1 Å². The highest BCUT2D eigenvalue weighted by Crippen LogP contribution is 2.72. The largest absolute Gasteiger partial charge is 0.347 e. The fourth-order valence-electron chi connectivity index (χ4n) is 2.66. The first-order valence-electron chi connectivity index (χ1n) is 4.32. The van der Waals surface area contributed by atoms with Crippen molar-refractivity contribution >= 4 is 23.2 Å². The summed E-state index contributed by atoms with van der Waals surface area (Å²) in [7, 11) is 0. The molecule has 68 valence electrons.